The summed E-state index contributed by atoms with van der Waals surface area (Å²) in [6.07, 6.45) is 0.350. The lowest BCUT2D eigenvalue weighted by atomic mass is 9.96. The van der Waals surface area contributed by atoms with Crippen molar-refractivity contribution in [3.05, 3.63) is 28.8 Å². The van der Waals surface area contributed by atoms with Crippen LogP contribution in [0.2, 0.25) is 0 Å². The molecule has 1 aliphatic rings. The molecule has 5 heteroatoms. The zero-order valence-electron chi connectivity index (χ0n) is 16.4. The van der Waals surface area contributed by atoms with Gasteiger partial charge in [-0.2, -0.15) is 0 Å². The molecule has 1 fully saturated rings. The Kier molecular flexibility index (Phi) is 6.85. The van der Waals surface area contributed by atoms with Gasteiger partial charge < -0.3 is 14.8 Å². The lowest BCUT2D eigenvalue weighted by Gasteiger charge is -2.34. The molecule has 25 heavy (non-hydrogen) atoms. The van der Waals surface area contributed by atoms with Crippen LogP contribution in [-0.4, -0.2) is 49.8 Å². The van der Waals surface area contributed by atoms with Gasteiger partial charge in [0, 0.05) is 19.6 Å². The van der Waals surface area contributed by atoms with E-state index in [1.165, 1.54) is 5.56 Å². The number of nitrogens with zero attached hydrogens (tertiary/aromatic N) is 1. The number of hydrogen-bond donors (Lipinski definition) is 1. The lowest BCUT2D eigenvalue weighted by Crippen LogP contribution is -2.49. The van der Waals surface area contributed by atoms with E-state index in [1.807, 2.05) is 0 Å². The van der Waals surface area contributed by atoms with Gasteiger partial charge in [0.05, 0.1) is 25.9 Å². The molecule has 1 saturated heterocycles. The van der Waals surface area contributed by atoms with E-state index in [0.717, 1.165) is 30.0 Å². The lowest BCUT2D eigenvalue weighted by molar-refractivity contribution is -0.126. The van der Waals surface area contributed by atoms with Crippen molar-refractivity contribution in [2.24, 2.45) is 0 Å². The second-order valence-corrected chi connectivity index (χ2v) is 7.40. The van der Waals surface area contributed by atoms with Crippen LogP contribution in [0.5, 0.6) is 5.75 Å². The molecular formula is C20H32N2O3. The fourth-order valence-corrected chi connectivity index (χ4v) is 3.43. The Morgan fingerprint density at radius 2 is 1.96 bits per heavy atom. The molecule has 1 amide bonds. The summed E-state index contributed by atoms with van der Waals surface area (Å²) >= 11 is 0. The monoisotopic (exact) mass is 348 g/mol. The van der Waals surface area contributed by atoms with Crippen molar-refractivity contribution in [2.45, 2.75) is 59.3 Å². The standard InChI is InChI=1S/C20H32N2O3/c1-13(2)18-8-17(14(3)7-19(18)24-6)9-21-20(23)12-22-10-15(4)25-16(5)11-22/h7-8,13,15-16H,9-12H2,1-6H3,(H,21,23). The van der Waals surface area contributed by atoms with Gasteiger partial charge in [-0.3, -0.25) is 9.69 Å². The number of methoxy groups -OCH3 is 1. The molecule has 1 aromatic carbocycles. The average Bonchev–Trinajstić information content (AvgIpc) is 2.52. The highest BCUT2D eigenvalue weighted by Crippen LogP contribution is 2.29. The van der Waals surface area contributed by atoms with Gasteiger partial charge in [0.2, 0.25) is 5.91 Å². The van der Waals surface area contributed by atoms with Crippen molar-refractivity contribution in [2.75, 3.05) is 26.7 Å². The molecule has 0 radical (unpaired) electrons. The number of hydrogen-bond acceptors (Lipinski definition) is 4. The minimum atomic E-state index is 0.0580. The van der Waals surface area contributed by atoms with E-state index in [9.17, 15) is 4.79 Å². The molecule has 2 unspecified atom stereocenters. The summed E-state index contributed by atoms with van der Waals surface area (Å²) in [6.45, 7) is 13.0. The van der Waals surface area contributed by atoms with E-state index in [4.69, 9.17) is 9.47 Å². The summed E-state index contributed by atoms with van der Waals surface area (Å²) in [5.74, 6) is 1.35. The summed E-state index contributed by atoms with van der Waals surface area (Å²) < 4.78 is 11.2. The highest BCUT2D eigenvalue weighted by Gasteiger charge is 2.23. The second kappa shape index (κ2) is 8.68. The first-order valence-corrected chi connectivity index (χ1v) is 9.12. The maximum atomic E-state index is 12.3. The molecule has 0 aromatic heterocycles. The highest BCUT2D eigenvalue weighted by atomic mass is 16.5. The minimum absolute atomic E-state index is 0.0580. The molecule has 2 atom stereocenters. The maximum Gasteiger partial charge on any atom is 0.234 e. The number of carbonyl (C=O) groups excluding carboxylic acids is 1. The first kappa shape index (κ1) is 19.7. The van der Waals surface area contributed by atoms with Crippen molar-refractivity contribution >= 4 is 5.91 Å². The molecule has 0 bridgehead atoms. The third kappa shape index (κ3) is 5.44. The summed E-state index contributed by atoms with van der Waals surface area (Å²) in [6, 6.07) is 4.21. The Balaban J connectivity index is 1.96. The average molecular weight is 348 g/mol. The molecule has 140 valence electrons. The number of carbonyl (C=O) groups is 1. The topological polar surface area (TPSA) is 50.8 Å². The van der Waals surface area contributed by atoms with Gasteiger partial charge in [-0.1, -0.05) is 13.8 Å². The smallest absolute Gasteiger partial charge is 0.234 e. The van der Waals surface area contributed by atoms with Crippen LogP contribution in [-0.2, 0) is 16.1 Å². The molecule has 1 aromatic rings. The summed E-state index contributed by atoms with van der Waals surface area (Å²) in [5, 5.41) is 3.06. The van der Waals surface area contributed by atoms with Gasteiger partial charge in [-0.05, 0) is 55.5 Å². The number of benzene rings is 1. The summed E-state index contributed by atoms with van der Waals surface area (Å²) in [4.78, 5) is 14.5. The van der Waals surface area contributed by atoms with E-state index in [2.05, 4.69) is 57.0 Å². The summed E-state index contributed by atoms with van der Waals surface area (Å²) in [7, 11) is 1.70. The normalized spacial score (nSPS) is 21.4. The fraction of sp³-hybridized carbons (Fsp3) is 0.650. The summed E-state index contributed by atoms with van der Waals surface area (Å²) in [5.41, 5.74) is 3.45. The van der Waals surface area contributed by atoms with Crippen molar-refractivity contribution in [1.29, 1.82) is 0 Å². The Bertz CT molecular complexity index is 591. The van der Waals surface area contributed by atoms with E-state index < -0.39 is 0 Å². The van der Waals surface area contributed by atoms with Crippen LogP contribution >= 0.6 is 0 Å². The first-order chi connectivity index (χ1) is 11.8. The molecule has 5 nitrogen and oxygen atoms in total. The largest absolute Gasteiger partial charge is 0.496 e. The SMILES string of the molecule is COc1cc(C)c(CNC(=O)CN2CC(C)OC(C)C2)cc1C(C)C. The van der Waals surface area contributed by atoms with Gasteiger partial charge in [-0.25, -0.2) is 0 Å². The quantitative estimate of drug-likeness (QED) is 0.859. The van der Waals surface area contributed by atoms with Gasteiger partial charge in [0.25, 0.3) is 0 Å². The molecule has 1 N–H and O–H groups in total. The number of nitrogens with one attached hydrogen (secondary N) is 1. The second-order valence-electron chi connectivity index (χ2n) is 7.40. The molecule has 1 aliphatic heterocycles. The van der Waals surface area contributed by atoms with E-state index in [1.54, 1.807) is 7.11 Å². The van der Waals surface area contributed by atoms with Gasteiger partial charge in [-0.15, -0.1) is 0 Å². The number of morpholine rings is 1. The van der Waals surface area contributed by atoms with Gasteiger partial charge >= 0.3 is 0 Å². The Morgan fingerprint density at radius 1 is 1.32 bits per heavy atom. The van der Waals surface area contributed by atoms with Gasteiger partial charge in [0.1, 0.15) is 5.75 Å². The molecule has 0 spiro atoms. The Labute approximate surface area is 151 Å². The van der Waals surface area contributed by atoms with E-state index >= 15 is 0 Å². The Morgan fingerprint density at radius 3 is 2.52 bits per heavy atom. The number of amides is 1. The van der Waals surface area contributed by atoms with Crippen LogP contribution in [0.4, 0.5) is 0 Å². The Hall–Kier alpha value is -1.59. The van der Waals surface area contributed by atoms with Crippen LogP contribution in [0.1, 0.15) is 50.3 Å². The number of ether oxygens (including phenoxy) is 2. The molecular weight excluding hydrogens is 316 g/mol. The zero-order chi connectivity index (χ0) is 18.6. The molecule has 0 aliphatic carbocycles. The highest BCUT2D eigenvalue weighted by molar-refractivity contribution is 5.78. The third-order valence-electron chi connectivity index (χ3n) is 4.65. The van der Waals surface area contributed by atoms with E-state index in [0.29, 0.717) is 19.0 Å². The number of rotatable bonds is 6. The van der Waals surface area contributed by atoms with Crippen molar-refractivity contribution < 1.29 is 14.3 Å². The van der Waals surface area contributed by atoms with Gasteiger partial charge in [0.15, 0.2) is 0 Å². The van der Waals surface area contributed by atoms with Crippen LogP contribution < -0.4 is 10.1 Å². The van der Waals surface area contributed by atoms with Crippen LogP contribution in [0, 0.1) is 6.92 Å². The zero-order valence-corrected chi connectivity index (χ0v) is 16.4. The van der Waals surface area contributed by atoms with Crippen molar-refractivity contribution in [3.8, 4) is 5.75 Å². The fourth-order valence-electron chi connectivity index (χ4n) is 3.43. The van der Waals surface area contributed by atoms with Crippen molar-refractivity contribution in [1.82, 2.24) is 10.2 Å². The number of aryl methyl sites for hydroxylation is 1. The third-order valence-corrected chi connectivity index (χ3v) is 4.65. The molecule has 2 rings (SSSR count). The van der Waals surface area contributed by atoms with Crippen molar-refractivity contribution in [3.63, 3.8) is 0 Å². The van der Waals surface area contributed by atoms with Crippen LogP contribution in [0.25, 0.3) is 0 Å². The maximum absolute atomic E-state index is 12.3. The van der Waals surface area contributed by atoms with E-state index in [-0.39, 0.29) is 18.1 Å². The molecule has 1 heterocycles. The van der Waals surface area contributed by atoms with Crippen LogP contribution in [0.15, 0.2) is 12.1 Å². The predicted molar refractivity (Wildman–Crippen MR) is 100 cm³/mol. The minimum Gasteiger partial charge on any atom is -0.496 e. The first-order valence-electron chi connectivity index (χ1n) is 9.12. The predicted octanol–water partition coefficient (Wildman–Crippen LogP) is 2.85. The molecule has 0 saturated carbocycles. The van der Waals surface area contributed by atoms with Crippen LogP contribution in [0.3, 0.4) is 0 Å².